The second kappa shape index (κ2) is 13.1. The molecule has 0 heterocycles. The third kappa shape index (κ3) is 8.17. The average molecular weight is 409 g/mol. The largest absolute Gasteiger partial charge is 0.481 e. The molecule has 2 atom stereocenters. The minimum Gasteiger partial charge on any atom is -0.481 e. The first kappa shape index (κ1) is 25.9. The van der Waals surface area contributed by atoms with Gasteiger partial charge in [-0.05, 0) is 12.8 Å². The summed E-state index contributed by atoms with van der Waals surface area (Å²) in [7, 11) is -5.09. The minimum atomic E-state index is -5.09. The molecule has 0 aromatic heterocycles. The molecular weight excluding hydrogens is 372 g/mol. The molecule has 0 aliphatic carbocycles. The molecule has 2 unspecified atom stereocenters. The lowest BCUT2D eigenvalue weighted by atomic mass is 9.83. The molecule has 27 heavy (non-hydrogen) atoms. The Morgan fingerprint density at radius 2 is 1.26 bits per heavy atom. The van der Waals surface area contributed by atoms with Gasteiger partial charge >= 0.3 is 11.9 Å². The van der Waals surface area contributed by atoms with Gasteiger partial charge in [-0.25, -0.2) is 0 Å². The first-order chi connectivity index (χ1) is 12.6. The fraction of sp³-hybridized carbons (Fsp3) is 0.895. The van der Waals surface area contributed by atoms with Gasteiger partial charge in [0.05, 0.1) is 5.92 Å². The SMILES string of the molecule is CCCCCCCCCCC(C(=O)O)(C(CCCCC)C(=O)O)S(=O)(=O)O. The van der Waals surface area contributed by atoms with Crippen molar-refractivity contribution in [1.82, 2.24) is 0 Å². The fourth-order valence-electron chi connectivity index (χ4n) is 3.53. The van der Waals surface area contributed by atoms with Crippen LogP contribution in [0.15, 0.2) is 0 Å². The Hall–Kier alpha value is -1.15. The maximum absolute atomic E-state index is 12.0. The summed E-state index contributed by atoms with van der Waals surface area (Å²) in [6.07, 6.45) is 8.57. The average Bonchev–Trinajstić information content (AvgIpc) is 2.56. The van der Waals surface area contributed by atoms with E-state index in [1.54, 1.807) is 0 Å². The van der Waals surface area contributed by atoms with Crippen molar-refractivity contribution in [2.75, 3.05) is 0 Å². The predicted octanol–water partition coefficient (Wildman–Crippen LogP) is 4.51. The van der Waals surface area contributed by atoms with Crippen molar-refractivity contribution < 1.29 is 32.8 Å². The van der Waals surface area contributed by atoms with E-state index in [1.807, 2.05) is 6.92 Å². The number of rotatable bonds is 17. The number of carboxylic acid groups (broad SMARTS) is 2. The van der Waals surface area contributed by atoms with Crippen LogP contribution in [0.25, 0.3) is 0 Å². The van der Waals surface area contributed by atoms with E-state index in [0.717, 1.165) is 38.5 Å². The van der Waals surface area contributed by atoms with Gasteiger partial charge in [-0.1, -0.05) is 84.5 Å². The van der Waals surface area contributed by atoms with E-state index in [4.69, 9.17) is 0 Å². The highest BCUT2D eigenvalue weighted by molar-refractivity contribution is 7.88. The number of aliphatic carboxylic acids is 2. The summed E-state index contributed by atoms with van der Waals surface area (Å²) >= 11 is 0. The van der Waals surface area contributed by atoms with E-state index < -0.39 is 32.7 Å². The maximum Gasteiger partial charge on any atom is 0.328 e. The van der Waals surface area contributed by atoms with E-state index >= 15 is 0 Å². The summed E-state index contributed by atoms with van der Waals surface area (Å²) < 4.78 is 31.1. The number of carbonyl (C=O) groups is 2. The van der Waals surface area contributed by atoms with E-state index in [9.17, 15) is 32.8 Å². The third-order valence-electron chi connectivity index (χ3n) is 5.18. The molecule has 0 amide bonds. The predicted molar refractivity (Wildman–Crippen MR) is 104 cm³/mol. The summed E-state index contributed by atoms with van der Waals surface area (Å²) in [4.78, 5) is 23.6. The highest BCUT2D eigenvalue weighted by Gasteiger charge is 2.58. The summed E-state index contributed by atoms with van der Waals surface area (Å²) in [5, 5.41) is 19.1. The van der Waals surface area contributed by atoms with Crippen molar-refractivity contribution in [1.29, 1.82) is 0 Å². The number of hydrogen-bond acceptors (Lipinski definition) is 4. The first-order valence-electron chi connectivity index (χ1n) is 10.1. The molecule has 7 nitrogen and oxygen atoms in total. The van der Waals surface area contributed by atoms with Crippen LogP contribution in [0.2, 0.25) is 0 Å². The molecule has 0 aromatic carbocycles. The smallest absolute Gasteiger partial charge is 0.328 e. The van der Waals surface area contributed by atoms with Gasteiger partial charge in [0.25, 0.3) is 10.1 Å². The summed E-state index contributed by atoms with van der Waals surface area (Å²) in [6, 6.07) is 0. The topological polar surface area (TPSA) is 129 Å². The molecule has 0 rings (SSSR count). The molecule has 0 fully saturated rings. The van der Waals surface area contributed by atoms with Crippen LogP contribution in [0.4, 0.5) is 0 Å². The Bertz CT molecular complexity index is 544. The second-order valence-electron chi connectivity index (χ2n) is 7.28. The van der Waals surface area contributed by atoms with E-state index in [2.05, 4.69) is 6.92 Å². The van der Waals surface area contributed by atoms with Crippen LogP contribution < -0.4 is 0 Å². The van der Waals surface area contributed by atoms with Crippen molar-refractivity contribution in [3.63, 3.8) is 0 Å². The molecule has 8 heteroatoms. The van der Waals surface area contributed by atoms with Gasteiger partial charge in [0, 0.05) is 0 Å². The molecule has 0 saturated heterocycles. The van der Waals surface area contributed by atoms with Crippen molar-refractivity contribution in [2.45, 2.75) is 102 Å². The zero-order chi connectivity index (χ0) is 20.9. The maximum atomic E-state index is 12.0. The highest BCUT2D eigenvalue weighted by atomic mass is 32.2. The van der Waals surface area contributed by atoms with Gasteiger partial charge in [0.1, 0.15) is 0 Å². The van der Waals surface area contributed by atoms with E-state index in [1.165, 1.54) is 6.42 Å². The van der Waals surface area contributed by atoms with Gasteiger partial charge in [0.2, 0.25) is 4.75 Å². The fourth-order valence-corrected chi connectivity index (χ4v) is 4.73. The molecule has 0 aromatic rings. The molecule has 3 N–H and O–H groups in total. The lowest BCUT2D eigenvalue weighted by molar-refractivity contribution is -0.152. The number of hydrogen-bond donors (Lipinski definition) is 3. The summed E-state index contributed by atoms with van der Waals surface area (Å²) in [6.45, 7) is 4.03. The van der Waals surface area contributed by atoms with Gasteiger partial charge in [-0.2, -0.15) is 8.42 Å². The zero-order valence-corrected chi connectivity index (χ0v) is 17.5. The second-order valence-corrected chi connectivity index (χ2v) is 8.96. The lowest BCUT2D eigenvalue weighted by Crippen LogP contribution is -2.55. The molecule has 0 aliphatic rings. The van der Waals surface area contributed by atoms with Gasteiger partial charge in [0.15, 0.2) is 0 Å². The lowest BCUT2D eigenvalue weighted by Gasteiger charge is -2.32. The van der Waals surface area contributed by atoms with Gasteiger partial charge in [-0.3, -0.25) is 14.1 Å². The van der Waals surface area contributed by atoms with Crippen LogP contribution >= 0.6 is 0 Å². The first-order valence-corrected chi connectivity index (χ1v) is 11.5. The van der Waals surface area contributed by atoms with Crippen molar-refractivity contribution in [3.8, 4) is 0 Å². The van der Waals surface area contributed by atoms with Crippen LogP contribution in [0.1, 0.15) is 97.3 Å². The summed E-state index contributed by atoms with van der Waals surface area (Å²) in [5.41, 5.74) is 0. The van der Waals surface area contributed by atoms with Crippen LogP contribution in [-0.2, 0) is 19.7 Å². The standard InChI is InChI=1S/C19H36O7S/c1-3-5-7-8-9-10-11-13-15-19(18(22)23,27(24,25)26)16(17(20)21)14-12-6-4-2/h16H,3-15H2,1-2H3,(H,20,21)(H,22,23)(H,24,25,26). The zero-order valence-electron chi connectivity index (χ0n) is 16.7. The van der Waals surface area contributed by atoms with Crippen LogP contribution in [0.5, 0.6) is 0 Å². The molecular formula is C19H36O7S. The quantitative estimate of drug-likeness (QED) is 0.238. The monoisotopic (exact) mass is 408 g/mol. The molecule has 0 bridgehead atoms. The normalized spacial score (nSPS) is 15.2. The number of carboxylic acids is 2. The molecule has 0 radical (unpaired) electrons. The highest BCUT2D eigenvalue weighted by Crippen LogP contribution is 2.36. The molecule has 0 spiro atoms. The molecule has 0 saturated carbocycles. The van der Waals surface area contributed by atoms with Gasteiger partial charge < -0.3 is 10.2 Å². The Morgan fingerprint density at radius 3 is 1.67 bits per heavy atom. The molecule has 0 aliphatic heterocycles. The van der Waals surface area contributed by atoms with Crippen LogP contribution in [0, 0.1) is 5.92 Å². The third-order valence-corrected chi connectivity index (χ3v) is 6.77. The van der Waals surface area contributed by atoms with Crippen LogP contribution in [-0.4, -0.2) is 39.9 Å². The van der Waals surface area contributed by atoms with E-state index in [-0.39, 0.29) is 19.3 Å². The summed E-state index contributed by atoms with van der Waals surface area (Å²) in [5.74, 6) is -4.94. The van der Waals surface area contributed by atoms with Crippen molar-refractivity contribution in [3.05, 3.63) is 0 Å². The Labute approximate surface area is 163 Å². The van der Waals surface area contributed by atoms with Crippen molar-refractivity contribution >= 4 is 22.1 Å². The Morgan fingerprint density at radius 1 is 0.815 bits per heavy atom. The Kier molecular flexibility index (Phi) is 12.5. The van der Waals surface area contributed by atoms with Crippen LogP contribution in [0.3, 0.4) is 0 Å². The molecule has 160 valence electrons. The van der Waals surface area contributed by atoms with Gasteiger partial charge in [-0.15, -0.1) is 0 Å². The minimum absolute atomic E-state index is 0.0910. The van der Waals surface area contributed by atoms with E-state index in [0.29, 0.717) is 19.3 Å². The van der Waals surface area contributed by atoms with Crippen molar-refractivity contribution in [2.24, 2.45) is 5.92 Å². The number of unbranched alkanes of at least 4 members (excludes halogenated alkanes) is 9. The Balaban J connectivity index is 5.15.